The predicted octanol–water partition coefficient (Wildman–Crippen LogP) is 8.40. The number of nitrogens with zero attached hydrogens (tertiary/aromatic N) is 3. The van der Waals surface area contributed by atoms with E-state index in [0.717, 1.165) is 33.8 Å². The van der Waals surface area contributed by atoms with Crippen molar-refractivity contribution in [3.8, 4) is 57.0 Å². The van der Waals surface area contributed by atoms with E-state index in [2.05, 4.69) is 33.8 Å². The minimum Gasteiger partial charge on any atom is -0.439 e. The molecule has 0 fully saturated rings. The van der Waals surface area contributed by atoms with E-state index in [1.54, 1.807) is 0 Å². The maximum Gasteiger partial charge on any atom is 0.223 e. The summed E-state index contributed by atoms with van der Waals surface area (Å²) in [5, 5.41) is 0. The second-order valence-electron chi connectivity index (χ2n) is 8.84. The second-order valence-corrected chi connectivity index (χ2v) is 8.84. The van der Waals surface area contributed by atoms with Crippen LogP contribution in [0.3, 0.4) is 0 Å². The van der Waals surface area contributed by atoms with Crippen molar-refractivity contribution < 1.29 is 9.47 Å². The van der Waals surface area contributed by atoms with Crippen LogP contribution in [0.1, 0.15) is 0 Å². The third kappa shape index (κ3) is 5.04. The third-order valence-electron chi connectivity index (χ3n) is 6.22. The highest BCUT2D eigenvalue weighted by Gasteiger charge is 2.13. The number of aromatic nitrogens is 3. The van der Waals surface area contributed by atoms with Crippen molar-refractivity contribution in [1.82, 2.24) is 14.5 Å². The van der Waals surface area contributed by atoms with E-state index in [4.69, 9.17) is 14.5 Å². The predicted molar refractivity (Wildman–Crippen MR) is 150 cm³/mol. The highest BCUT2D eigenvalue weighted by Crippen LogP contribution is 2.33. The van der Waals surface area contributed by atoms with Crippen molar-refractivity contribution in [2.45, 2.75) is 0 Å². The van der Waals surface area contributed by atoms with Gasteiger partial charge in [0.05, 0.1) is 11.9 Å². The number of rotatable bonds is 7. The molecule has 5 heteroatoms. The van der Waals surface area contributed by atoms with Gasteiger partial charge in [0.15, 0.2) is 0 Å². The molecule has 0 aliphatic rings. The van der Waals surface area contributed by atoms with Crippen molar-refractivity contribution in [2.24, 2.45) is 7.05 Å². The molecule has 0 unspecified atom stereocenters. The largest absolute Gasteiger partial charge is 0.439 e. The van der Waals surface area contributed by atoms with Crippen LogP contribution in [-0.4, -0.2) is 14.5 Å². The zero-order valence-electron chi connectivity index (χ0n) is 20.9. The smallest absolute Gasteiger partial charge is 0.223 e. The Balaban J connectivity index is 1.33. The zero-order valence-corrected chi connectivity index (χ0v) is 20.9. The summed E-state index contributed by atoms with van der Waals surface area (Å²) in [6.07, 6.45) is 1.90. The van der Waals surface area contributed by atoms with Crippen LogP contribution in [0.25, 0.3) is 33.8 Å². The van der Waals surface area contributed by atoms with E-state index in [1.807, 2.05) is 116 Å². The first kappa shape index (κ1) is 23.3. The Bertz CT molecular complexity index is 1660. The average molecular weight is 496 g/mol. The van der Waals surface area contributed by atoms with Gasteiger partial charge in [0.1, 0.15) is 17.3 Å². The minimum absolute atomic E-state index is 0.444. The lowest BCUT2D eigenvalue weighted by Crippen LogP contribution is -1.96. The third-order valence-corrected chi connectivity index (χ3v) is 6.22. The lowest BCUT2D eigenvalue weighted by atomic mass is 10.1. The van der Waals surface area contributed by atoms with Gasteiger partial charge in [-0.1, -0.05) is 91.0 Å². The van der Waals surface area contributed by atoms with Crippen molar-refractivity contribution >= 4 is 0 Å². The maximum absolute atomic E-state index is 6.28. The summed E-state index contributed by atoms with van der Waals surface area (Å²) < 4.78 is 14.4. The highest BCUT2D eigenvalue weighted by atomic mass is 16.5. The molecular formula is C33H25N3O2. The number of benzene rings is 4. The fraction of sp³-hybridized carbons (Fsp3) is 0.0303. The highest BCUT2D eigenvalue weighted by molar-refractivity contribution is 5.68. The molecule has 2 aromatic heterocycles. The lowest BCUT2D eigenvalue weighted by molar-refractivity contribution is 0.427. The fourth-order valence-electron chi connectivity index (χ4n) is 4.37. The van der Waals surface area contributed by atoms with Crippen LogP contribution in [0, 0.1) is 0 Å². The van der Waals surface area contributed by atoms with Gasteiger partial charge in [0, 0.05) is 24.7 Å². The molecule has 0 aliphatic carbocycles. The lowest BCUT2D eigenvalue weighted by Gasteiger charge is -2.12. The van der Waals surface area contributed by atoms with Crippen molar-refractivity contribution in [2.75, 3.05) is 0 Å². The van der Waals surface area contributed by atoms with E-state index in [1.165, 1.54) is 0 Å². The number of imidazole rings is 1. The summed E-state index contributed by atoms with van der Waals surface area (Å²) in [6.45, 7) is 0. The monoisotopic (exact) mass is 495 g/mol. The molecule has 2 heterocycles. The molecule has 5 nitrogen and oxygen atoms in total. The summed E-state index contributed by atoms with van der Waals surface area (Å²) in [5.74, 6) is 3.13. The molecule has 6 aromatic rings. The topological polar surface area (TPSA) is 49.2 Å². The van der Waals surface area contributed by atoms with E-state index in [-0.39, 0.29) is 0 Å². The van der Waals surface area contributed by atoms with Gasteiger partial charge in [0.2, 0.25) is 11.8 Å². The van der Waals surface area contributed by atoms with Crippen molar-refractivity contribution in [1.29, 1.82) is 0 Å². The number of ether oxygens (including phenoxy) is 2. The Morgan fingerprint density at radius 3 is 1.76 bits per heavy atom. The molecule has 4 aromatic carbocycles. The van der Waals surface area contributed by atoms with Crippen LogP contribution < -0.4 is 9.47 Å². The maximum atomic E-state index is 6.28. The Hall–Kier alpha value is -5.16. The van der Waals surface area contributed by atoms with Gasteiger partial charge in [0.25, 0.3) is 0 Å². The fourth-order valence-corrected chi connectivity index (χ4v) is 4.37. The Kier molecular flexibility index (Phi) is 6.39. The van der Waals surface area contributed by atoms with Gasteiger partial charge in [-0.25, -0.2) is 4.98 Å². The summed E-state index contributed by atoms with van der Waals surface area (Å²) >= 11 is 0. The molecule has 38 heavy (non-hydrogen) atoms. The Morgan fingerprint density at radius 2 is 1.08 bits per heavy atom. The van der Waals surface area contributed by atoms with Crippen LogP contribution in [0.15, 0.2) is 134 Å². The first-order valence-electron chi connectivity index (χ1n) is 12.4. The molecular weight excluding hydrogens is 470 g/mol. The number of hydrogen-bond acceptors (Lipinski definition) is 4. The first-order valence-corrected chi connectivity index (χ1v) is 12.4. The summed E-state index contributed by atoms with van der Waals surface area (Å²) in [6, 6.07) is 41.7. The van der Waals surface area contributed by atoms with Crippen molar-refractivity contribution in [3.63, 3.8) is 0 Å². The van der Waals surface area contributed by atoms with E-state index in [9.17, 15) is 0 Å². The standard InChI is InChI=1S/C33H25N3O2/c1-36-30(25-14-7-3-8-15-25)23-34-33(36)26-16-11-19-29(20-26)38-32-22-27(24-12-5-2-6-13-24)21-31(35-32)37-28-17-9-4-10-18-28/h2-23H,1H3. The molecule has 0 saturated heterocycles. The van der Waals surface area contributed by atoms with Gasteiger partial charge in [-0.05, 0) is 41.0 Å². The molecule has 0 N–H and O–H groups in total. The second kappa shape index (κ2) is 10.4. The summed E-state index contributed by atoms with van der Waals surface area (Å²) in [7, 11) is 2.02. The van der Waals surface area contributed by atoms with Gasteiger partial charge in [-0.15, -0.1) is 0 Å². The van der Waals surface area contributed by atoms with Crippen LogP contribution in [0.2, 0.25) is 0 Å². The molecule has 0 radical (unpaired) electrons. The first-order chi connectivity index (χ1) is 18.7. The van der Waals surface area contributed by atoms with Crippen LogP contribution in [0.5, 0.6) is 23.3 Å². The minimum atomic E-state index is 0.444. The average Bonchev–Trinajstić information content (AvgIpc) is 3.36. The normalized spacial score (nSPS) is 10.8. The van der Waals surface area contributed by atoms with Crippen molar-refractivity contribution in [3.05, 3.63) is 134 Å². The van der Waals surface area contributed by atoms with Crippen LogP contribution in [0.4, 0.5) is 0 Å². The molecule has 0 aliphatic heterocycles. The van der Waals surface area contributed by atoms with E-state index < -0.39 is 0 Å². The van der Waals surface area contributed by atoms with Gasteiger partial charge in [-0.2, -0.15) is 4.98 Å². The number of para-hydroxylation sites is 1. The Morgan fingerprint density at radius 1 is 0.526 bits per heavy atom. The molecule has 0 atom stereocenters. The Labute approximate surface area is 221 Å². The van der Waals surface area contributed by atoms with E-state index >= 15 is 0 Å². The van der Waals surface area contributed by atoms with Gasteiger partial charge < -0.3 is 14.0 Å². The van der Waals surface area contributed by atoms with E-state index in [0.29, 0.717) is 23.3 Å². The summed E-state index contributed by atoms with van der Waals surface area (Å²) in [4.78, 5) is 9.34. The van der Waals surface area contributed by atoms with Crippen LogP contribution >= 0.6 is 0 Å². The molecule has 0 bridgehead atoms. The van der Waals surface area contributed by atoms with Gasteiger partial charge >= 0.3 is 0 Å². The molecule has 184 valence electrons. The zero-order chi connectivity index (χ0) is 25.7. The quantitative estimate of drug-likeness (QED) is 0.223. The molecule has 6 rings (SSSR count). The summed E-state index contributed by atoms with van der Waals surface area (Å²) in [5.41, 5.74) is 5.12. The molecule has 0 amide bonds. The number of hydrogen-bond donors (Lipinski definition) is 0. The van der Waals surface area contributed by atoms with Gasteiger partial charge in [-0.3, -0.25) is 0 Å². The SMILES string of the molecule is Cn1c(-c2ccccc2)cnc1-c1cccc(Oc2cc(-c3ccccc3)cc(Oc3ccccc3)n2)c1. The number of pyridine rings is 1. The molecule has 0 spiro atoms. The molecule has 0 saturated carbocycles. The van der Waals surface area contributed by atoms with Crippen LogP contribution in [-0.2, 0) is 7.05 Å².